The van der Waals surface area contributed by atoms with Gasteiger partial charge >= 0.3 is 0 Å². The molecule has 168 valence electrons. The van der Waals surface area contributed by atoms with E-state index >= 15 is 0 Å². The van der Waals surface area contributed by atoms with E-state index in [1.807, 2.05) is 18.2 Å². The second-order valence-electron chi connectivity index (χ2n) is 7.59. The molecule has 0 saturated heterocycles. The van der Waals surface area contributed by atoms with Crippen LogP contribution in [0.15, 0.2) is 48.6 Å². The fourth-order valence-corrected chi connectivity index (χ4v) is 4.19. The maximum Gasteiger partial charge on any atom is 0.247 e. The van der Waals surface area contributed by atoms with Gasteiger partial charge in [0.1, 0.15) is 18.0 Å². The smallest absolute Gasteiger partial charge is 0.247 e. The van der Waals surface area contributed by atoms with E-state index in [1.165, 1.54) is 0 Å². The van der Waals surface area contributed by atoms with Gasteiger partial charge in [-0.1, -0.05) is 24.3 Å². The Kier molecular flexibility index (Phi) is 7.84. The van der Waals surface area contributed by atoms with Crippen LogP contribution >= 0.6 is 0 Å². The normalized spacial score (nSPS) is 23.8. The lowest BCUT2D eigenvalue weighted by molar-refractivity contribution is -0.138. The fourth-order valence-electron chi connectivity index (χ4n) is 4.19. The molecule has 8 heteroatoms. The zero-order chi connectivity index (χ0) is 22.4. The summed E-state index contributed by atoms with van der Waals surface area (Å²) in [7, 11) is 1.54. The monoisotopic (exact) mass is 430 g/mol. The van der Waals surface area contributed by atoms with Crippen LogP contribution in [-0.4, -0.2) is 78.6 Å². The van der Waals surface area contributed by atoms with Crippen molar-refractivity contribution in [2.75, 3.05) is 33.4 Å². The van der Waals surface area contributed by atoms with Crippen LogP contribution < -0.4 is 10.1 Å². The first-order valence-electron chi connectivity index (χ1n) is 10.5. The van der Waals surface area contributed by atoms with Crippen molar-refractivity contribution in [3.05, 3.63) is 54.1 Å². The van der Waals surface area contributed by atoms with Crippen molar-refractivity contribution in [3.8, 4) is 5.75 Å². The predicted octanol–water partition coefficient (Wildman–Crippen LogP) is 0.750. The van der Waals surface area contributed by atoms with E-state index in [1.54, 1.807) is 30.2 Å². The third kappa shape index (κ3) is 4.81. The van der Waals surface area contributed by atoms with E-state index in [0.717, 1.165) is 5.56 Å². The molecular weight excluding hydrogens is 400 g/mol. The summed E-state index contributed by atoms with van der Waals surface area (Å²) in [5.41, 5.74) is 1.23. The average Bonchev–Trinajstić information content (AvgIpc) is 3.17. The largest absolute Gasteiger partial charge is 0.486 e. The molecule has 4 unspecified atom stereocenters. The van der Waals surface area contributed by atoms with Crippen LogP contribution in [0.4, 0.5) is 0 Å². The number of nitrogens with one attached hydrogen (secondary N) is 1. The Balaban J connectivity index is 2.00. The van der Waals surface area contributed by atoms with Gasteiger partial charge in [-0.2, -0.15) is 0 Å². The zero-order valence-corrected chi connectivity index (χ0v) is 17.7. The van der Waals surface area contributed by atoms with E-state index in [-0.39, 0.29) is 44.5 Å². The number of hydrogen-bond donors (Lipinski definition) is 3. The number of aliphatic hydroxyl groups excluding tert-OH is 2. The second-order valence-corrected chi connectivity index (χ2v) is 7.59. The first-order valence-corrected chi connectivity index (χ1v) is 10.5. The van der Waals surface area contributed by atoms with Crippen molar-refractivity contribution in [1.82, 2.24) is 10.2 Å². The Hall–Kier alpha value is -2.68. The molecule has 0 fully saturated rings. The highest BCUT2D eigenvalue weighted by Crippen LogP contribution is 2.47. The number of benzene rings is 1. The van der Waals surface area contributed by atoms with Crippen molar-refractivity contribution in [1.29, 1.82) is 0 Å². The molecule has 0 spiro atoms. The summed E-state index contributed by atoms with van der Waals surface area (Å²) in [6.45, 7) is 4.13. The molecule has 2 aliphatic rings. The molecule has 4 atom stereocenters. The third-order valence-electron chi connectivity index (χ3n) is 5.66. The number of rotatable bonds is 10. The van der Waals surface area contributed by atoms with Gasteiger partial charge in [0.15, 0.2) is 0 Å². The topological polar surface area (TPSA) is 108 Å². The standard InChI is InChI=1S/C23H30N2O6/c1-3-4-9-19(27)25(11-13-30-2)17-14-16(23(29)24-10-12-26)20-15-7-5-6-8-18(15)31-22(20)21(17)28/h3,5-8,14,17,20-22,26,28H,1,4,9-13H2,2H3,(H,24,29). The minimum Gasteiger partial charge on any atom is -0.486 e. The molecule has 31 heavy (non-hydrogen) atoms. The number of amides is 2. The number of aliphatic hydroxyl groups is 2. The lowest BCUT2D eigenvalue weighted by atomic mass is 9.77. The van der Waals surface area contributed by atoms with Crippen LogP contribution in [-0.2, 0) is 14.3 Å². The number of carbonyl (C=O) groups excluding carboxylic acids is 2. The fraction of sp³-hybridized carbons (Fsp3) is 0.478. The van der Waals surface area contributed by atoms with Gasteiger partial charge in [0.2, 0.25) is 11.8 Å². The Morgan fingerprint density at radius 1 is 1.35 bits per heavy atom. The molecule has 1 aliphatic heterocycles. The molecule has 1 aromatic rings. The summed E-state index contributed by atoms with van der Waals surface area (Å²) < 4.78 is 11.2. The molecule has 3 rings (SSSR count). The summed E-state index contributed by atoms with van der Waals surface area (Å²) in [6, 6.07) is 6.61. The maximum atomic E-state index is 13.0. The Morgan fingerprint density at radius 3 is 2.84 bits per heavy atom. The molecule has 0 radical (unpaired) electrons. The van der Waals surface area contributed by atoms with Crippen molar-refractivity contribution < 1.29 is 29.3 Å². The lowest BCUT2D eigenvalue weighted by Crippen LogP contribution is -2.56. The van der Waals surface area contributed by atoms with Gasteiger partial charge in [0.05, 0.1) is 25.2 Å². The molecule has 1 aliphatic carbocycles. The van der Waals surface area contributed by atoms with E-state index < -0.39 is 24.2 Å². The second kappa shape index (κ2) is 10.6. The van der Waals surface area contributed by atoms with Gasteiger partial charge < -0.3 is 29.9 Å². The van der Waals surface area contributed by atoms with Crippen LogP contribution in [0.25, 0.3) is 0 Å². The van der Waals surface area contributed by atoms with E-state index in [4.69, 9.17) is 14.6 Å². The SMILES string of the molecule is C=CCCC(=O)N(CCOC)C1C=C(C(=O)NCCO)C2c3ccccc3OC2C1O. The van der Waals surface area contributed by atoms with Crippen molar-refractivity contribution in [2.45, 2.75) is 37.0 Å². The molecule has 8 nitrogen and oxygen atoms in total. The highest BCUT2D eigenvalue weighted by molar-refractivity contribution is 5.96. The first kappa shape index (κ1) is 23.0. The van der Waals surface area contributed by atoms with Gasteiger partial charge in [-0.25, -0.2) is 0 Å². The number of allylic oxidation sites excluding steroid dienone is 1. The Labute approximate surface area is 182 Å². The van der Waals surface area contributed by atoms with Gasteiger partial charge in [0.25, 0.3) is 0 Å². The number of ether oxygens (including phenoxy) is 2. The molecule has 1 heterocycles. The first-order chi connectivity index (χ1) is 15.0. The highest BCUT2D eigenvalue weighted by atomic mass is 16.5. The van der Waals surface area contributed by atoms with Gasteiger partial charge in [-0.3, -0.25) is 9.59 Å². The van der Waals surface area contributed by atoms with E-state index in [2.05, 4.69) is 11.9 Å². The van der Waals surface area contributed by atoms with Crippen LogP contribution in [0.5, 0.6) is 5.75 Å². The Bertz CT molecular complexity index is 839. The van der Waals surface area contributed by atoms with Crippen LogP contribution in [0.1, 0.15) is 24.3 Å². The zero-order valence-electron chi connectivity index (χ0n) is 17.7. The summed E-state index contributed by atoms with van der Waals surface area (Å²) in [5, 5.41) is 23.0. The minimum atomic E-state index is -1.03. The summed E-state index contributed by atoms with van der Waals surface area (Å²) in [5.74, 6) is -0.374. The van der Waals surface area contributed by atoms with Crippen molar-refractivity contribution in [2.24, 2.45) is 0 Å². The molecule has 0 bridgehead atoms. The quantitative estimate of drug-likeness (QED) is 0.473. The molecular formula is C23H30N2O6. The molecule has 0 aromatic heterocycles. The molecule has 0 saturated carbocycles. The average molecular weight is 431 g/mol. The van der Waals surface area contributed by atoms with E-state index in [0.29, 0.717) is 17.7 Å². The van der Waals surface area contributed by atoms with Crippen LogP contribution in [0.2, 0.25) is 0 Å². The number of nitrogens with zero attached hydrogens (tertiary/aromatic N) is 1. The summed E-state index contributed by atoms with van der Waals surface area (Å²) in [6.07, 6.45) is 2.33. The number of hydrogen-bond acceptors (Lipinski definition) is 6. The van der Waals surface area contributed by atoms with Crippen LogP contribution in [0.3, 0.4) is 0 Å². The molecule has 1 aromatic carbocycles. The number of fused-ring (bicyclic) bond motifs is 3. The van der Waals surface area contributed by atoms with E-state index in [9.17, 15) is 14.7 Å². The molecule has 3 N–H and O–H groups in total. The minimum absolute atomic E-state index is 0.106. The number of methoxy groups -OCH3 is 1. The Morgan fingerprint density at radius 2 is 2.13 bits per heavy atom. The third-order valence-corrected chi connectivity index (χ3v) is 5.66. The number of carbonyl (C=O) groups is 2. The van der Waals surface area contributed by atoms with Crippen molar-refractivity contribution >= 4 is 11.8 Å². The molecule has 2 amide bonds. The van der Waals surface area contributed by atoms with Gasteiger partial charge in [-0.15, -0.1) is 6.58 Å². The predicted molar refractivity (Wildman–Crippen MR) is 115 cm³/mol. The summed E-state index contributed by atoms with van der Waals surface area (Å²) >= 11 is 0. The maximum absolute atomic E-state index is 13.0. The van der Waals surface area contributed by atoms with Gasteiger partial charge in [0, 0.05) is 37.8 Å². The highest BCUT2D eigenvalue weighted by Gasteiger charge is 2.50. The van der Waals surface area contributed by atoms with Gasteiger partial charge in [-0.05, 0) is 18.6 Å². The number of para-hydroxylation sites is 1. The van der Waals surface area contributed by atoms with Crippen LogP contribution in [0, 0.1) is 0 Å². The summed E-state index contributed by atoms with van der Waals surface area (Å²) in [4.78, 5) is 27.4. The lowest BCUT2D eigenvalue weighted by Gasteiger charge is -2.40. The van der Waals surface area contributed by atoms with Crippen molar-refractivity contribution in [3.63, 3.8) is 0 Å².